The lowest BCUT2D eigenvalue weighted by Crippen LogP contribution is -1.88. The summed E-state index contributed by atoms with van der Waals surface area (Å²) in [7, 11) is 0. The smallest absolute Gasteiger partial charge is 0.178 e. The van der Waals surface area contributed by atoms with E-state index in [9.17, 15) is 4.79 Å². The number of fused-ring (bicyclic) bond motifs is 1. The van der Waals surface area contributed by atoms with Gasteiger partial charge in [0.15, 0.2) is 11.4 Å². The maximum Gasteiger partial charge on any atom is 0.178 e. The van der Waals surface area contributed by atoms with Gasteiger partial charge in [-0.1, -0.05) is 0 Å². The highest BCUT2D eigenvalue weighted by Gasteiger charge is 2.08. The Labute approximate surface area is 107 Å². The molecule has 0 aliphatic heterocycles. The van der Waals surface area contributed by atoms with Gasteiger partial charge in [0.1, 0.15) is 11.2 Å². The van der Waals surface area contributed by atoms with Crippen molar-refractivity contribution in [2.75, 3.05) is 0 Å². The van der Waals surface area contributed by atoms with Crippen LogP contribution in [0.1, 0.15) is 16.6 Å². The maximum absolute atomic E-state index is 11.3. The Hall–Kier alpha value is -2.14. The average molecular weight is 255 g/mol. The first kappa shape index (κ1) is 11.0. The minimum atomic E-state index is 0.0677. The molecule has 18 heavy (non-hydrogen) atoms. The van der Waals surface area contributed by atoms with Crippen LogP contribution in [0.15, 0.2) is 36.7 Å². The molecule has 0 radical (unpaired) electrons. The van der Waals surface area contributed by atoms with Gasteiger partial charge in [0.2, 0.25) is 0 Å². The zero-order chi connectivity index (χ0) is 12.5. The van der Waals surface area contributed by atoms with Gasteiger partial charge in [0, 0.05) is 6.20 Å². The molecule has 0 fully saturated rings. The Bertz CT molecular complexity index is 736. The molecule has 4 nitrogen and oxygen atoms in total. The zero-order valence-corrected chi connectivity index (χ0v) is 10.4. The number of thiophene rings is 1. The molecule has 0 aliphatic carbocycles. The zero-order valence-electron chi connectivity index (χ0n) is 9.62. The highest BCUT2D eigenvalue weighted by Crippen LogP contribution is 2.27. The van der Waals surface area contributed by atoms with Crippen molar-refractivity contribution in [1.29, 1.82) is 0 Å². The Balaban J connectivity index is 2.10. The summed E-state index contributed by atoms with van der Waals surface area (Å²) in [6, 6.07) is 7.40. The van der Waals surface area contributed by atoms with E-state index in [1.807, 2.05) is 24.3 Å². The number of ketones is 1. The van der Waals surface area contributed by atoms with Crippen molar-refractivity contribution in [3.05, 3.63) is 41.5 Å². The minimum Gasteiger partial charge on any atom is -0.294 e. The number of carbonyl (C=O) groups is 1. The number of rotatable bonds is 2. The fraction of sp³-hybridized carbons (Fsp3) is 0.0769. The lowest BCUT2D eigenvalue weighted by atomic mass is 10.3. The monoisotopic (exact) mass is 255 g/mol. The van der Waals surface area contributed by atoms with E-state index in [-0.39, 0.29) is 5.78 Å². The molecule has 5 heteroatoms. The Morgan fingerprint density at radius 3 is 2.89 bits per heavy atom. The van der Waals surface area contributed by atoms with Crippen LogP contribution in [0, 0.1) is 0 Å². The molecular formula is C13H9N3OS. The molecule has 0 saturated carbocycles. The largest absolute Gasteiger partial charge is 0.294 e. The van der Waals surface area contributed by atoms with Gasteiger partial charge in [0.05, 0.1) is 16.0 Å². The van der Waals surface area contributed by atoms with E-state index in [1.54, 1.807) is 19.3 Å². The summed E-state index contributed by atoms with van der Waals surface area (Å²) in [6.07, 6.45) is 3.40. The molecule has 3 rings (SSSR count). The van der Waals surface area contributed by atoms with Crippen molar-refractivity contribution in [3.8, 4) is 10.6 Å². The van der Waals surface area contributed by atoms with Gasteiger partial charge < -0.3 is 0 Å². The van der Waals surface area contributed by atoms with Crippen LogP contribution >= 0.6 is 11.3 Å². The van der Waals surface area contributed by atoms with Gasteiger partial charge in [-0.2, -0.15) is 0 Å². The van der Waals surface area contributed by atoms with Crippen LogP contribution in [-0.4, -0.2) is 20.7 Å². The topological polar surface area (TPSA) is 55.7 Å². The summed E-state index contributed by atoms with van der Waals surface area (Å²) in [5, 5.41) is 0. The number of carbonyl (C=O) groups excluding carboxylic acids is 1. The first-order chi connectivity index (χ1) is 8.74. The van der Waals surface area contributed by atoms with Crippen LogP contribution in [0.2, 0.25) is 0 Å². The molecule has 0 atom stereocenters. The van der Waals surface area contributed by atoms with Crippen LogP contribution in [0.3, 0.4) is 0 Å². The SMILES string of the molecule is CC(=O)c1ccc(-c2cnc3cccnc3n2)s1. The Morgan fingerprint density at radius 1 is 1.22 bits per heavy atom. The van der Waals surface area contributed by atoms with Gasteiger partial charge in [0.25, 0.3) is 0 Å². The van der Waals surface area contributed by atoms with Crippen LogP contribution in [0.5, 0.6) is 0 Å². The van der Waals surface area contributed by atoms with Crippen LogP contribution in [0.25, 0.3) is 21.7 Å². The summed E-state index contributed by atoms with van der Waals surface area (Å²) in [6.45, 7) is 1.56. The molecule has 0 bridgehead atoms. The van der Waals surface area contributed by atoms with Crippen molar-refractivity contribution >= 4 is 28.3 Å². The van der Waals surface area contributed by atoms with Gasteiger partial charge >= 0.3 is 0 Å². The molecule has 0 aliphatic rings. The van der Waals surface area contributed by atoms with Crippen molar-refractivity contribution in [3.63, 3.8) is 0 Å². The third-order valence-electron chi connectivity index (χ3n) is 2.52. The molecule has 0 aromatic carbocycles. The van der Waals surface area contributed by atoms with Gasteiger partial charge in [-0.25, -0.2) is 9.97 Å². The molecule has 0 amide bonds. The molecule has 3 aromatic rings. The van der Waals surface area contributed by atoms with E-state index >= 15 is 0 Å². The fourth-order valence-electron chi connectivity index (χ4n) is 1.63. The molecule has 0 unspecified atom stereocenters. The van der Waals surface area contributed by atoms with Gasteiger partial charge in [-0.05, 0) is 31.2 Å². The minimum absolute atomic E-state index is 0.0677. The Morgan fingerprint density at radius 2 is 2.11 bits per heavy atom. The number of Topliss-reactive ketones (excluding diaryl/α,β-unsaturated/α-hetero) is 1. The standard InChI is InChI=1S/C13H9N3OS/c1-8(17)11-4-5-12(18-11)10-7-15-9-3-2-6-14-13(9)16-10/h2-7H,1H3. The van der Waals surface area contributed by atoms with E-state index in [1.165, 1.54) is 11.3 Å². The first-order valence-corrected chi connectivity index (χ1v) is 6.24. The van der Waals surface area contributed by atoms with Crippen molar-refractivity contribution < 1.29 is 4.79 Å². The summed E-state index contributed by atoms with van der Waals surface area (Å²) in [4.78, 5) is 25.9. The summed E-state index contributed by atoms with van der Waals surface area (Å²) in [5.74, 6) is 0.0677. The van der Waals surface area contributed by atoms with Crippen molar-refractivity contribution in [2.45, 2.75) is 6.92 Å². The van der Waals surface area contributed by atoms with Crippen molar-refractivity contribution in [2.24, 2.45) is 0 Å². The van der Waals surface area contributed by atoms with E-state index in [0.717, 1.165) is 21.0 Å². The van der Waals surface area contributed by atoms with E-state index in [0.29, 0.717) is 5.65 Å². The molecule has 0 saturated heterocycles. The van der Waals surface area contributed by atoms with E-state index in [2.05, 4.69) is 15.0 Å². The second-order valence-corrected chi connectivity index (χ2v) is 4.91. The summed E-state index contributed by atoms with van der Waals surface area (Å²) >= 11 is 1.42. The van der Waals surface area contributed by atoms with Gasteiger partial charge in [-0.15, -0.1) is 11.3 Å². The maximum atomic E-state index is 11.3. The quantitative estimate of drug-likeness (QED) is 0.661. The van der Waals surface area contributed by atoms with Crippen LogP contribution < -0.4 is 0 Å². The molecule has 0 N–H and O–H groups in total. The molecule has 3 aromatic heterocycles. The lowest BCUT2D eigenvalue weighted by molar-refractivity contribution is 0.102. The number of hydrogen-bond acceptors (Lipinski definition) is 5. The Kier molecular flexibility index (Phi) is 2.60. The van der Waals surface area contributed by atoms with Gasteiger partial charge in [-0.3, -0.25) is 9.78 Å². The highest BCUT2D eigenvalue weighted by molar-refractivity contribution is 7.17. The summed E-state index contributed by atoms with van der Waals surface area (Å²) in [5.41, 5.74) is 2.14. The van der Waals surface area contributed by atoms with Crippen LogP contribution in [0.4, 0.5) is 0 Å². The molecule has 88 valence electrons. The number of hydrogen-bond donors (Lipinski definition) is 0. The summed E-state index contributed by atoms with van der Waals surface area (Å²) < 4.78 is 0. The number of pyridine rings is 1. The fourth-order valence-corrected chi connectivity index (χ4v) is 2.49. The third kappa shape index (κ3) is 1.89. The number of aromatic nitrogens is 3. The van der Waals surface area contributed by atoms with E-state index < -0.39 is 0 Å². The van der Waals surface area contributed by atoms with Crippen LogP contribution in [-0.2, 0) is 0 Å². The molecule has 3 heterocycles. The van der Waals surface area contributed by atoms with E-state index in [4.69, 9.17) is 0 Å². The average Bonchev–Trinajstić information content (AvgIpc) is 2.88. The third-order valence-corrected chi connectivity index (χ3v) is 3.73. The normalized spacial score (nSPS) is 10.7. The predicted octanol–water partition coefficient (Wildman–Crippen LogP) is 2.96. The molecule has 0 spiro atoms. The van der Waals surface area contributed by atoms with Crippen molar-refractivity contribution in [1.82, 2.24) is 15.0 Å². The molecular weight excluding hydrogens is 246 g/mol. The second kappa shape index (κ2) is 4.27. The lowest BCUT2D eigenvalue weighted by Gasteiger charge is -1.98. The second-order valence-electron chi connectivity index (χ2n) is 3.82. The number of nitrogens with zero attached hydrogens (tertiary/aromatic N) is 3. The predicted molar refractivity (Wildman–Crippen MR) is 70.7 cm³/mol. The highest BCUT2D eigenvalue weighted by atomic mass is 32.1. The first-order valence-electron chi connectivity index (χ1n) is 5.43.